The molecule has 0 bridgehead atoms. The van der Waals surface area contributed by atoms with E-state index in [-0.39, 0.29) is 17.0 Å². The molecule has 1 heterocycles. The van der Waals surface area contributed by atoms with Crippen molar-refractivity contribution in [2.24, 2.45) is 0 Å². The van der Waals surface area contributed by atoms with Crippen LogP contribution in [-0.4, -0.2) is 35.2 Å². The SMILES string of the molecule is Br.C=CN1C=CN(CC)C1.CO. The maximum absolute atomic E-state index is 7.00. The van der Waals surface area contributed by atoms with Crippen LogP contribution in [0.5, 0.6) is 0 Å². The lowest BCUT2D eigenvalue weighted by molar-refractivity contribution is 0.328. The Bertz CT molecular complexity index is 139. The molecule has 0 amide bonds. The normalized spacial score (nSPS) is 13.2. The molecule has 0 spiro atoms. The topological polar surface area (TPSA) is 26.7 Å². The quantitative estimate of drug-likeness (QED) is 0.786. The summed E-state index contributed by atoms with van der Waals surface area (Å²) >= 11 is 0. The fourth-order valence-electron chi connectivity index (χ4n) is 0.808. The van der Waals surface area contributed by atoms with Crippen LogP contribution < -0.4 is 0 Å². The van der Waals surface area contributed by atoms with Crippen LogP contribution in [0, 0.1) is 0 Å². The largest absolute Gasteiger partial charge is 0.400 e. The van der Waals surface area contributed by atoms with E-state index in [9.17, 15) is 0 Å². The Morgan fingerprint density at radius 1 is 1.50 bits per heavy atom. The van der Waals surface area contributed by atoms with Crippen molar-refractivity contribution in [3.8, 4) is 0 Å². The standard InChI is InChI=1S/C7H12N2.CH4O.BrH/c1-3-8-5-6-9(4-2)7-8;1-2;/h3,5-6H,1,4,7H2,2H3;2H,1H3;1H. The lowest BCUT2D eigenvalue weighted by Gasteiger charge is -2.15. The van der Waals surface area contributed by atoms with Gasteiger partial charge in [-0.25, -0.2) is 0 Å². The molecule has 0 fully saturated rings. The van der Waals surface area contributed by atoms with Gasteiger partial charge in [-0.3, -0.25) is 0 Å². The van der Waals surface area contributed by atoms with Gasteiger partial charge >= 0.3 is 0 Å². The molecule has 0 aromatic rings. The first-order valence-corrected chi connectivity index (χ1v) is 3.62. The minimum Gasteiger partial charge on any atom is -0.400 e. The molecule has 72 valence electrons. The summed E-state index contributed by atoms with van der Waals surface area (Å²) in [6.45, 7) is 7.82. The predicted octanol–water partition coefficient (Wildman–Crippen LogP) is 1.38. The molecule has 0 saturated heterocycles. The van der Waals surface area contributed by atoms with E-state index in [0.29, 0.717) is 0 Å². The highest BCUT2D eigenvalue weighted by Gasteiger charge is 2.05. The van der Waals surface area contributed by atoms with E-state index in [2.05, 4.69) is 24.6 Å². The summed E-state index contributed by atoms with van der Waals surface area (Å²) in [5.41, 5.74) is 0. The fraction of sp³-hybridized carbons (Fsp3) is 0.500. The van der Waals surface area contributed by atoms with Crippen molar-refractivity contribution >= 4 is 17.0 Å². The van der Waals surface area contributed by atoms with E-state index < -0.39 is 0 Å². The van der Waals surface area contributed by atoms with Crippen molar-refractivity contribution in [3.05, 3.63) is 25.2 Å². The number of nitrogens with zero attached hydrogens (tertiary/aromatic N) is 2. The molecule has 1 aliphatic rings. The first-order valence-electron chi connectivity index (χ1n) is 3.62. The zero-order valence-electron chi connectivity index (χ0n) is 7.60. The fourth-order valence-corrected chi connectivity index (χ4v) is 0.808. The minimum atomic E-state index is 0. The Balaban J connectivity index is 0. The minimum absolute atomic E-state index is 0. The van der Waals surface area contributed by atoms with Crippen molar-refractivity contribution < 1.29 is 5.11 Å². The summed E-state index contributed by atoms with van der Waals surface area (Å²) in [5.74, 6) is 0. The lowest BCUT2D eigenvalue weighted by atomic mass is 10.6. The maximum atomic E-state index is 7.00. The van der Waals surface area contributed by atoms with E-state index in [4.69, 9.17) is 5.11 Å². The van der Waals surface area contributed by atoms with Gasteiger partial charge in [0, 0.05) is 26.1 Å². The van der Waals surface area contributed by atoms with Crippen molar-refractivity contribution in [2.45, 2.75) is 6.92 Å². The molecule has 0 aromatic heterocycles. The number of hydrogen-bond donors (Lipinski definition) is 1. The van der Waals surface area contributed by atoms with Crippen LogP contribution in [0.3, 0.4) is 0 Å². The molecule has 12 heavy (non-hydrogen) atoms. The van der Waals surface area contributed by atoms with Crippen LogP contribution in [0.2, 0.25) is 0 Å². The Kier molecular flexibility index (Phi) is 10.1. The second kappa shape index (κ2) is 8.62. The molecule has 0 saturated carbocycles. The van der Waals surface area contributed by atoms with Gasteiger partial charge in [0.2, 0.25) is 0 Å². The highest BCUT2D eigenvalue weighted by molar-refractivity contribution is 8.93. The second-order valence-corrected chi connectivity index (χ2v) is 2.04. The number of aliphatic hydroxyl groups excluding tert-OH is 1. The lowest BCUT2D eigenvalue weighted by Crippen LogP contribution is -2.20. The number of aliphatic hydroxyl groups is 1. The van der Waals surface area contributed by atoms with Gasteiger partial charge < -0.3 is 14.9 Å². The first kappa shape index (κ1) is 14.1. The molecule has 4 heteroatoms. The van der Waals surface area contributed by atoms with Crippen LogP contribution >= 0.6 is 17.0 Å². The van der Waals surface area contributed by atoms with Gasteiger partial charge in [0.25, 0.3) is 0 Å². The van der Waals surface area contributed by atoms with E-state index in [1.807, 2.05) is 17.3 Å². The van der Waals surface area contributed by atoms with Gasteiger partial charge in [-0.05, 0) is 13.1 Å². The molecular formula is C8H17BrN2O. The Labute approximate surface area is 84.7 Å². The van der Waals surface area contributed by atoms with Crippen molar-refractivity contribution in [1.82, 2.24) is 9.80 Å². The molecule has 0 atom stereocenters. The Morgan fingerprint density at radius 3 is 2.33 bits per heavy atom. The number of rotatable bonds is 2. The van der Waals surface area contributed by atoms with E-state index in [1.54, 1.807) is 0 Å². The van der Waals surface area contributed by atoms with Crippen LogP contribution in [0.1, 0.15) is 6.92 Å². The summed E-state index contributed by atoms with van der Waals surface area (Å²) in [6, 6.07) is 0. The van der Waals surface area contributed by atoms with Crippen LogP contribution in [0.25, 0.3) is 0 Å². The van der Waals surface area contributed by atoms with Crippen LogP contribution in [0.15, 0.2) is 25.2 Å². The zero-order valence-corrected chi connectivity index (χ0v) is 9.32. The maximum Gasteiger partial charge on any atom is 0.0935 e. The summed E-state index contributed by atoms with van der Waals surface area (Å²) < 4.78 is 0. The number of hydrogen-bond acceptors (Lipinski definition) is 3. The van der Waals surface area contributed by atoms with Crippen molar-refractivity contribution in [1.29, 1.82) is 0 Å². The molecule has 3 nitrogen and oxygen atoms in total. The van der Waals surface area contributed by atoms with Crippen molar-refractivity contribution in [2.75, 3.05) is 20.3 Å². The van der Waals surface area contributed by atoms with Crippen molar-refractivity contribution in [3.63, 3.8) is 0 Å². The van der Waals surface area contributed by atoms with Crippen LogP contribution in [0.4, 0.5) is 0 Å². The summed E-state index contributed by atoms with van der Waals surface area (Å²) in [4.78, 5) is 4.26. The molecule has 1 aliphatic heterocycles. The first-order chi connectivity index (χ1) is 5.36. The highest BCUT2D eigenvalue weighted by atomic mass is 79.9. The van der Waals surface area contributed by atoms with Gasteiger partial charge in [-0.2, -0.15) is 0 Å². The Hall–Kier alpha value is -0.480. The van der Waals surface area contributed by atoms with Gasteiger partial charge in [0.1, 0.15) is 0 Å². The van der Waals surface area contributed by atoms with Crippen LogP contribution in [-0.2, 0) is 0 Å². The average Bonchev–Trinajstić information content (AvgIpc) is 2.55. The van der Waals surface area contributed by atoms with Gasteiger partial charge in [-0.1, -0.05) is 6.58 Å². The van der Waals surface area contributed by atoms with Gasteiger partial charge in [0.15, 0.2) is 0 Å². The molecular weight excluding hydrogens is 220 g/mol. The molecule has 0 unspecified atom stereocenters. The molecule has 0 aliphatic carbocycles. The third kappa shape index (κ3) is 4.41. The monoisotopic (exact) mass is 236 g/mol. The smallest absolute Gasteiger partial charge is 0.0935 e. The second-order valence-electron chi connectivity index (χ2n) is 2.04. The third-order valence-electron chi connectivity index (χ3n) is 1.45. The molecule has 0 aromatic carbocycles. The molecule has 0 radical (unpaired) electrons. The summed E-state index contributed by atoms with van der Waals surface area (Å²) in [7, 11) is 1.00. The van der Waals surface area contributed by atoms with E-state index >= 15 is 0 Å². The van der Waals surface area contributed by atoms with Gasteiger partial charge in [0.05, 0.1) is 6.67 Å². The van der Waals surface area contributed by atoms with Gasteiger partial charge in [-0.15, -0.1) is 17.0 Å². The summed E-state index contributed by atoms with van der Waals surface area (Å²) in [5, 5.41) is 7.00. The highest BCUT2D eigenvalue weighted by Crippen LogP contribution is 2.04. The Morgan fingerprint density at radius 2 is 2.08 bits per heavy atom. The van der Waals surface area contributed by atoms with E-state index in [1.165, 1.54) is 0 Å². The molecule has 1 rings (SSSR count). The summed E-state index contributed by atoms with van der Waals surface area (Å²) in [6.07, 6.45) is 5.92. The molecule has 1 N–H and O–H groups in total. The predicted molar refractivity (Wildman–Crippen MR) is 56.9 cm³/mol. The zero-order chi connectivity index (χ0) is 8.69. The third-order valence-corrected chi connectivity index (χ3v) is 1.45. The average molecular weight is 237 g/mol. The van der Waals surface area contributed by atoms with E-state index in [0.717, 1.165) is 20.3 Å². The number of halogens is 1.